The van der Waals surface area contributed by atoms with E-state index in [0.717, 1.165) is 23.5 Å². The summed E-state index contributed by atoms with van der Waals surface area (Å²) < 4.78 is 16.5. The van der Waals surface area contributed by atoms with E-state index in [-0.39, 0.29) is 12.7 Å². The number of nitriles is 1. The van der Waals surface area contributed by atoms with Crippen molar-refractivity contribution >= 4 is 0 Å². The molecular formula is C19H19NO3. The van der Waals surface area contributed by atoms with Gasteiger partial charge >= 0.3 is 0 Å². The monoisotopic (exact) mass is 309 g/mol. The summed E-state index contributed by atoms with van der Waals surface area (Å²) in [5, 5.41) is 9.43. The summed E-state index contributed by atoms with van der Waals surface area (Å²) in [5.74, 6) is 2.07. The molecule has 0 N–H and O–H groups in total. The Labute approximate surface area is 136 Å². The van der Waals surface area contributed by atoms with E-state index in [2.05, 4.69) is 19.1 Å². The molecule has 118 valence electrons. The van der Waals surface area contributed by atoms with Gasteiger partial charge in [0.1, 0.15) is 5.75 Å². The van der Waals surface area contributed by atoms with E-state index >= 15 is 0 Å². The molecule has 0 spiro atoms. The van der Waals surface area contributed by atoms with E-state index < -0.39 is 0 Å². The van der Waals surface area contributed by atoms with E-state index in [1.165, 1.54) is 5.56 Å². The summed E-state index contributed by atoms with van der Waals surface area (Å²) in [5.41, 5.74) is 2.18. The van der Waals surface area contributed by atoms with Crippen molar-refractivity contribution in [2.24, 2.45) is 0 Å². The third-order valence-corrected chi connectivity index (χ3v) is 3.94. The summed E-state index contributed by atoms with van der Waals surface area (Å²) in [7, 11) is 0. The molecule has 1 aliphatic heterocycles. The Bertz CT molecular complexity index is 721. The second-order valence-corrected chi connectivity index (χ2v) is 5.43. The molecule has 1 aliphatic rings. The van der Waals surface area contributed by atoms with Crippen LogP contribution >= 0.6 is 0 Å². The molecule has 0 aromatic heterocycles. The van der Waals surface area contributed by atoms with E-state index in [1.807, 2.05) is 36.4 Å². The maximum Gasteiger partial charge on any atom is 0.231 e. The highest BCUT2D eigenvalue weighted by Gasteiger charge is 2.18. The molecule has 1 heterocycles. The zero-order chi connectivity index (χ0) is 16.1. The maximum absolute atomic E-state index is 9.43. The number of aryl methyl sites for hydroxylation is 1. The molecule has 4 nitrogen and oxygen atoms in total. The summed E-state index contributed by atoms with van der Waals surface area (Å²) >= 11 is 0. The molecule has 4 heteroatoms. The van der Waals surface area contributed by atoms with Crippen molar-refractivity contribution in [1.29, 1.82) is 5.26 Å². The molecule has 3 rings (SSSR count). The van der Waals surface area contributed by atoms with Gasteiger partial charge in [-0.1, -0.05) is 25.1 Å². The highest BCUT2D eigenvalue weighted by atomic mass is 16.7. The summed E-state index contributed by atoms with van der Waals surface area (Å²) in [6, 6.07) is 16.1. The van der Waals surface area contributed by atoms with Crippen LogP contribution < -0.4 is 14.2 Å². The Morgan fingerprint density at radius 2 is 2.04 bits per heavy atom. The number of fused-ring (bicyclic) bond motifs is 1. The van der Waals surface area contributed by atoms with Gasteiger partial charge in [0.05, 0.1) is 18.6 Å². The topological polar surface area (TPSA) is 51.5 Å². The van der Waals surface area contributed by atoms with E-state index in [4.69, 9.17) is 14.2 Å². The van der Waals surface area contributed by atoms with Gasteiger partial charge in [0.15, 0.2) is 11.5 Å². The van der Waals surface area contributed by atoms with Crippen LogP contribution in [-0.2, 0) is 6.42 Å². The second kappa shape index (κ2) is 7.06. The molecule has 0 saturated heterocycles. The summed E-state index contributed by atoms with van der Waals surface area (Å²) in [4.78, 5) is 0. The molecule has 0 radical (unpaired) electrons. The zero-order valence-corrected chi connectivity index (χ0v) is 13.1. The van der Waals surface area contributed by atoms with Gasteiger partial charge < -0.3 is 14.2 Å². The lowest BCUT2D eigenvalue weighted by molar-refractivity contribution is 0.174. The predicted octanol–water partition coefficient (Wildman–Crippen LogP) is 4.05. The Morgan fingerprint density at radius 3 is 2.87 bits per heavy atom. The van der Waals surface area contributed by atoms with Crippen molar-refractivity contribution in [3.05, 3.63) is 53.6 Å². The van der Waals surface area contributed by atoms with Gasteiger partial charge in [-0.05, 0) is 41.8 Å². The number of nitrogens with zero attached hydrogens (tertiary/aromatic N) is 1. The first-order valence-electron chi connectivity index (χ1n) is 7.81. The molecule has 2 aromatic carbocycles. The van der Waals surface area contributed by atoms with Gasteiger partial charge in [-0.2, -0.15) is 5.26 Å². The molecular weight excluding hydrogens is 290 g/mol. The number of ether oxygens (including phenoxy) is 3. The highest BCUT2D eigenvalue weighted by Crippen LogP contribution is 2.35. The molecule has 0 fully saturated rings. The SMILES string of the molecule is CCc1cccc(OCCC(C#N)c2ccc3c(c2)OCO3)c1. The second-order valence-electron chi connectivity index (χ2n) is 5.43. The van der Waals surface area contributed by atoms with Crippen molar-refractivity contribution < 1.29 is 14.2 Å². The number of benzene rings is 2. The lowest BCUT2D eigenvalue weighted by Gasteiger charge is -2.12. The van der Waals surface area contributed by atoms with E-state index in [1.54, 1.807) is 0 Å². The van der Waals surface area contributed by atoms with Crippen molar-refractivity contribution in [2.45, 2.75) is 25.7 Å². The van der Waals surface area contributed by atoms with Crippen LogP contribution in [0.25, 0.3) is 0 Å². The first kappa shape index (κ1) is 15.2. The minimum Gasteiger partial charge on any atom is -0.494 e. The van der Waals surface area contributed by atoms with Gasteiger partial charge in [0, 0.05) is 6.42 Å². The smallest absolute Gasteiger partial charge is 0.231 e. The average Bonchev–Trinajstić information content (AvgIpc) is 3.06. The summed E-state index contributed by atoms with van der Waals surface area (Å²) in [6.07, 6.45) is 1.61. The standard InChI is InChI=1S/C19H19NO3/c1-2-14-4-3-5-17(10-14)21-9-8-16(12-20)15-6-7-18-19(11-15)23-13-22-18/h3-7,10-11,16H,2,8-9,13H2,1H3. The number of hydrogen-bond acceptors (Lipinski definition) is 4. The molecule has 23 heavy (non-hydrogen) atoms. The van der Waals surface area contributed by atoms with Crippen LogP contribution in [0.2, 0.25) is 0 Å². The predicted molar refractivity (Wildman–Crippen MR) is 86.9 cm³/mol. The highest BCUT2D eigenvalue weighted by molar-refractivity contribution is 5.46. The minimum atomic E-state index is -0.223. The van der Waals surface area contributed by atoms with Gasteiger partial charge in [0.25, 0.3) is 0 Å². The molecule has 0 saturated carbocycles. The molecule has 0 bridgehead atoms. The van der Waals surface area contributed by atoms with Crippen molar-refractivity contribution in [2.75, 3.05) is 13.4 Å². The fourth-order valence-electron chi connectivity index (χ4n) is 2.59. The third-order valence-electron chi connectivity index (χ3n) is 3.94. The largest absolute Gasteiger partial charge is 0.494 e. The first-order chi connectivity index (χ1) is 11.3. The van der Waals surface area contributed by atoms with E-state index in [0.29, 0.717) is 18.8 Å². The lowest BCUT2D eigenvalue weighted by Crippen LogP contribution is -2.04. The van der Waals surface area contributed by atoms with Crippen LogP contribution in [-0.4, -0.2) is 13.4 Å². The Balaban J connectivity index is 1.60. The molecule has 2 aromatic rings. The Morgan fingerprint density at radius 1 is 1.17 bits per heavy atom. The molecule has 0 amide bonds. The van der Waals surface area contributed by atoms with Gasteiger partial charge in [-0.3, -0.25) is 0 Å². The van der Waals surface area contributed by atoms with Crippen LogP contribution in [0.5, 0.6) is 17.2 Å². The third kappa shape index (κ3) is 3.57. The normalized spacial score (nSPS) is 13.4. The van der Waals surface area contributed by atoms with Crippen LogP contribution in [0.4, 0.5) is 0 Å². The summed E-state index contributed by atoms with van der Waals surface area (Å²) in [6.45, 7) is 2.86. The van der Waals surface area contributed by atoms with Crippen LogP contribution in [0, 0.1) is 11.3 Å². The Hall–Kier alpha value is -2.67. The zero-order valence-electron chi connectivity index (χ0n) is 13.1. The fraction of sp³-hybridized carbons (Fsp3) is 0.316. The average molecular weight is 309 g/mol. The van der Waals surface area contributed by atoms with Crippen molar-refractivity contribution in [1.82, 2.24) is 0 Å². The minimum absolute atomic E-state index is 0.223. The van der Waals surface area contributed by atoms with Crippen molar-refractivity contribution in [3.63, 3.8) is 0 Å². The van der Waals surface area contributed by atoms with Gasteiger partial charge in [-0.25, -0.2) is 0 Å². The lowest BCUT2D eigenvalue weighted by atomic mass is 9.97. The number of rotatable bonds is 6. The van der Waals surface area contributed by atoms with E-state index in [9.17, 15) is 5.26 Å². The Kier molecular flexibility index (Phi) is 4.68. The first-order valence-corrected chi connectivity index (χ1v) is 7.81. The van der Waals surface area contributed by atoms with Crippen molar-refractivity contribution in [3.8, 4) is 23.3 Å². The molecule has 0 aliphatic carbocycles. The number of hydrogen-bond donors (Lipinski definition) is 0. The van der Waals surface area contributed by atoms with Crippen LogP contribution in [0.3, 0.4) is 0 Å². The molecule has 1 atom stereocenters. The maximum atomic E-state index is 9.43. The quantitative estimate of drug-likeness (QED) is 0.807. The van der Waals surface area contributed by atoms with Crippen LogP contribution in [0.1, 0.15) is 30.4 Å². The van der Waals surface area contributed by atoms with Gasteiger partial charge in [0.2, 0.25) is 6.79 Å². The fourth-order valence-corrected chi connectivity index (χ4v) is 2.59. The van der Waals surface area contributed by atoms with Gasteiger partial charge in [-0.15, -0.1) is 0 Å². The molecule has 1 unspecified atom stereocenters. The van der Waals surface area contributed by atoms with Crippen LogP contribution in [0.15, 0.2) is 42.5 Å².